The van der Waals surface area contributed by atoms with Crippen molar-refractivity contribution in [1.82, 2.24) is 14.5 Å². The number of likely N-dealkylation sites (tertiary alicyclic amines) is 1. The number of aromatic carboxylic acids is 1. The molecule has 0 saturated carbocycles. The van der Waals surface area contributed by atoms with Crippen molar-refractivity contribution in [3.8, 4) is 0 Å². The number of aryl methyl sites for hydroxylation is 1. The highest BCUT2D eigenvalue weighted by molar-refractivity contribution is 5.96. The first-order valence-corrected chi connectivity index (χ1v) is 10.6. The van der Waals surface area contributed by atoms with Crippen molar-refractivity contribution in [2.75, 3.05) is 13.1 Å². The lowest BCUT2D eigenvalue weighted by Crippen LogP contribution is -2.39. The molecule has 0 spiro atoms. The SMILES string of the molecule is Cn1cc(C(C(=O)O)N2CCC(c3nc4ccccc4o3)CC2)c2ccc(C(=O)O)cc21. The van der Waals surface area contributed by atoms with E-state index in [1.165, 1.54) is 6.07 Å². The van der Waals surface area contributed by atoms with E-state index in [9.17, 15) is 19.8 Å². The molecule has 1 aliphatic heterocycles. The van der Waals surface area contributed by atoms with Gasteiger partial charge in [-0.05, 0) is 37.1 Å². The zero-order valence-electron chi connectivity index (χ0n) is 17.6. The fourth-order valence-electron chi connectivity index (χ4n) is 4.72. The summed E-state index contributed by atoms with van der Waals surface area (Å²) >= 11 is 0. The van der Waals surface area contributed by atoms with Gasteiger partial charge in [0.2, 0.25) is 0 Å². The standard InChI is InChI=1S/C24H23N3O5/c1-26-13-17(16-7-6-15(23(28)29)12-19(16)26)21(24(30)31)27-10-8-14(9-11-27)22-25-18-4-2-3-5-20(18)32-22/h2-7,12-14,21H,8-11H2,1H3,(H,28,29)(H,30,31). The molecule has 1 atom stereocenters. The number of nitrogens with zero attached hydrogens (tertiary/aromatic N) is 3. The Balaban J connectivity index is 1.41. The Kier molecular flexibility index (Phi) is 4.94. The molecule has 1 aliphatic rings. The zero-order chi connectivity index (χ0) is 22.4. The maximum atomic E-state index is 12.3. The molecule has 1 fully saturated rings. The average molecular weight is 433 g/mol. The van der Waals surface area contributed by atoms with Gasteiger partial charge in [0, 0.05) is 48.7 Å². The van der Waals surface area contributed by atoms with E-state index in [0.29, 0.717) is 30.1 Å². The first kappa shape index (κ1) is 20.3. The van der Waals surface area contributed by atoms with Crippen molar-refractivity contribution >= 4 is 33.9 Å². The van der Waals surface area contributed by atoms with Crippen LogP contribution < -0.4 is 0 Å². The van der Waals surface area contributed by atoms with Crippen molar-refractivity contribution < 1.29 is 24.2 Å². The summed E-state index contributed by atoms with van der Waals surface area (Å²) in [5.74, 6) is -1.06. The number of rotatable bonds is 5. The molecule has 2 aromatic heterocycles. The molecule has 1 unspecified atom stereocenters. The molecule has 8 heteroatoms. The number of benzene rings is 2. The second-order valence-electron chi connectivity index (χ2n) is 8.30. The Morgan fingerprint density at radius 1 is 1.12 bits per heavy atom. The van der Waals surface area contributed by atoms with E-state index in [-0.39, 0.29) is 11.5 Å². The topological polar surface area (TPSA) is 109 Å². The number of carbonyl (C=O) groups is 2. The molecule has 0 radical (unpaired) electrons. The van der Waals surface area contributed by atoms with E-state index in [2.05, 4.69) is 4.98 Å². The van der Waals surface area contributed by atoms with Gasteiger partial charge in [-0.3, -0.25) is 9.69 Å². The molecule has 2 aromatic carbocycles. The van der Waals surface area contributed by atoms with E-state index < -0.39 is 18.0 Å². The summed E-state index contributed by atoms with van der Waals surface area (Å²) in [6, 6.07) is 11.7. The highest BCUT2D eigenvalue weighted by Gasteiger charge is 2.34. The summed E-state index contributed by atoms with van der Waals surface area (Å²) in [5, 5.41) is 20.1. The Morgan fingerprint density at radius 3 is 2.56 bits per heavy atom. The molecule has 5 rings (SSSR count). The minimum Gasteiger partial charge on any atom is -0.480 e. The monoisotopic (exact) mass is 433 g/mol. The quantitative estimate of drug-likeness (QED) is 0.489. The van der Waals surface area contributed by atoms with E-state index in [0.717, 1.165) is 29.3 Å². The molecule has 8 nitrogen and oxygen atoms in total. The molecule has 1 saturated heterocycles. The first-order chi connectivity index (χ1) is 15.4. The maximum Gasteiger partial charge on any atom is 0.335 e. The molecule has 0 bridgehead atoms. The van der Waals surface area contributed by atoms with Crippen LogP contribution in [-0.4, -0.2) is 49.7 Å². The third-order valence-corrected chi connectivity index (χ3v) is 6.35. The molecule has 0 amide bonds. The van der Waals surface area contributed by atoms with Crippen LogP contribution in [0.4, 0.5) is 0 Å². The van der Waals surface area contributed by atoms with Gasteiger partial charge in [-0.1, -0.05) is 18.2 Å². The first-order valence-electron chi connectivity index (χ1n) is 10.6. The van der Waals surface area contributed by atoms with Gasteiger partial charge in [-0.2, -0.15) is 0 Å². The summed E-state index contributed by atoms with van der Waals surface area (Å²) in [4.78, 5) is 30.2. The zero-order valence-corrected chi connectivity index (χ0v) is 17.6. The molecular formula is C24H23N3O5. The van der Waals surface area contributed by atoms with Gasteiger partial charge in [-0.25, -0.2) is 9.78 Å². The lowest BCUT2D eigenvalue weighted by molar-refractivity contribution is -0.144. The van der Waals surface area contributed by atoms with Crippen LogP contribution in [0.3, 0.4) is 0 Å². The van der Waals surface area contributed by atoms with Gasteiger partial charge in [0.15, 0.2) is 11.5 Å². The number of piperidine rings is 1. The lowest BCUT2D eigenvalue weighted by Gasteiger charge is -2.34. The number of aliphatic carboxylic acids is 1. The molecule has 32 heavy (non-hydrogen) atoms. The number of hydrogen-bond donors (Lipinski definition) is 2. The predicted octanol–water partition coefficient (Wildman–Crippen LogP) is 4.02. The second-order valence-corrected chi connectivity index (χ2v) is 8.30. The van der Waals surface area contributed by atoms with E-state index in [4.69, 9.17) is 4.42 Å². The van der Waals surface area contributed by atoms with Crippen molar-refractivity contribution in [3.05, 3.63) is 65.7 Å². The molecule has 2 N–H and O–H groups in total. The van der Waals surface area contributed by atoms with Gasteiger partial charge in [0.25, 0.3) is 0 Å². The van der Waals surface area contributed by atoms with Gasteiger partial charge < -0.3 is 19.2 Å². The summed E-state index contributed by atoms with van der Waals surface area (Å²) in [6.45, 7) is 1.20. The number of oxazole rings is 1. The van der Waals surface area contributed by atoms with E-state index >= 15 is 0 Å². The second kappa shape index (κ2) is 7.80. The third kappa shape index (κ3) is 3.42. The van der Waals surface area contributed by atoms with Crippen molar-refractivity contribution in [2.24, 2.45) is 7.05 Å². The van der Waals surface area contributed by atoms with Crippen LogP contribution >= 0.6 is 0 Å². The average Bonchev–Trinajstić information content (AvgIpc) is 3.35. The lowest BCUT2D eigenvalue weighted by atomic mass is 9.94. The van der Waals surface area contributed by atoms with Crippen LogP contribution in [0.25, 0.3) is 22.0 Å². The normalized spacial score (nSPS) is 16.5. The highest BCUT2D eigenvalue weighted by atomic mass is 16.4. The van der Waals surface area contributed by atoms with Crippen molar-refractivity contribution in [2.45, 2.75) is 24.8 Å². The molecule has 4 aromatic rings. The Bertz CT molecular complexity index is 1300. The Labute approximate surface area is 183 Å². The molecule has 3 heterocycles. The highest BCUT2D eigenvalue weighted by Crippen LogP contribution is 2.36. The van der Waals surface area contributed by atoms with Crippen LogP contribution in [0.1, 0.15) is 46.6 Å². The van der Waals surface area contributed by atoms with Crippen LogP contribution in [0.5, 0.6) is 0 Å². The van der Waals surface area contributed by atoms with E-state index in [1.807, 2.05) is 29.2 Å². The van der Waals surface area contributed by atoms with Crippen molar-refractivity contribution in [1.29, 1.82) is 0 Å². The van der Waals surface area contributed by atoms with Gasteiger partial charge in [-0.15, -0.1) is 0 Å². The fourth-order valence-corrected chi connectivity index (χ4v) is 4.72. The number of fused-ring (bicyclic) bond motifs is 2. The van der Waals surface area contributed by atoms with Crippen LogP contribution in [0, 0.1) is 0 Å². The predicted molar refractivity (Wildman–Crippen MR) is 118 cm³/mol. The van der Waals surface area contributed by atoms with Crippen LogP contribution in [0.2, 0.25) is 0 Å². The number of carboxylic acids is 2. The molecular weight excluding hydrogens is 410 g/mol. The summed E-state index contributed by atoms with van der Waals surface area (Å²) in [5.41, 5.74) is 3.16. The minimum absolute atomic E-state index is 0.152. The van der Waals surface area contributed by atoms with Crippen LogP contribution in [-0.2, 0) is 11.8 Å². The largest absolute Gasteiger partial charge is 0.480 e. The summed E-state index contributed by atoms with van der Waals surface area (Å²) in [6.07, 6.45) is 3.30. The van der Waals surface area contributed by atoms with Crippen molar-refractivity contribution in [3.63, 3.8) is 0 Å². The number of hydrogen-bond acceptors (Lipinski definition) is 5. The summed E-state index contributed by atoms with van der Waals surface area (Å²) < 4.78 is 7.72. The van der Waals surface area contributed by atoms with Gasteiger partial charge >= 0.3 is 11.9 Å². The van der Waals surface area contributed by atoms with Gasteiger partial charge in [0.05, 0.1) is 5.56 Å². The Morgan fingerprint density at radius 2 is 1.88 bits per heavy atom. The number of carboxylic acid groups (broad SMARTS) is 2. The number of aromatic nitrogens is 2. The maximum absolute atomic E-state index is 12.3. The minimum atomic E-state index is -1.01. The fraction of sp³-hybridized carbons (Fsp3) is 0.292. The third-order valence-electron chi connectivity index (χ3n) is 6.35. The smallest absolute Gasteiger partial charge is 0.335 e. The number of para-hydroxylation sites is 2. The molecule has 164 valence electrons. The summed E-state index contributed by atoms with van der Waals surface area (Å²) in [7, 11) is 1.80. The molecule has 0 aliphatic carbocycles. The van der Waals surface area contributed by atoms with E-state index in [1.54, 1.807) is 29.9 Å². The van der Waals surface area contributed by atoms with Crippen LogP contribution in [0.15, 0.2) is 53.1 Å². The van der Waals surface area contributed by atoms with Gasteiger partial charge in [0.1, 0.15) is 11.6 Å². The Hall–Kier alpha value is -3.65.